The van der Waals surface area contributed by atoms with E-state index in [2.05, 4.69) is 15.5 Å². The van der Waals surface area contributed by atoms with Gasteiger partial charge in [-0.05, 0) is 36.1 Å². The number of aromatic nitrogens is 2. The molecule has 1 aromatic carbocycles. The highest BCUT2D eigenvalue weighted by Gasteiger charge is 2.39. The van der Waals surface area contributed by atoms with Crippen LogP contribution in [-0.4, -0.2) is 35.1 Å². The molecular weight excluding hydrogens is 382 g/mol. The monoisotopic (exact) mass is 402 g/mol. The van der Waals surface area contributed by atoms with E-state index in [0.717, 1.165) is 21.8 Å². The molecule has 1 fully saturated rings. The van der Waals surface area contributed by atoms with E-state index in [-0.39, 0.29) is 32.0 Å². The largest absolute Gasteiger partial charge is 0.364 e. The van der Waals surface area contributed by atoms with Crippen LogP contribution in [0, 0.1) is 6.92 Å². The minimum Gasteiger partial charge on any atom is -0.364 e. The third kappa shape index (κ3) is 3.77. The fraction of sp³-hybridized carbons (Fsp3) is 0.300. The molecule has 0 saturated carbocycles. The molecule has 0 radical (unpaired) electrons. The average molecular weight is 402 g/mol. The third-order valence-electron chi connectivity index (χ3n) is 4.81. The number of carbonyl (C=O) groups is 1. The lowest BCUT2D eigenvalue weighted by atomic mass is 10.1. The smallest absolute Gasteiger partial charge is 0.266 e. The fourth-order valence-electron chi connectivity index (χ4n) is 3.46. The Morgan fingerprint density at radius 1 is 1.36 bits per heavy atom. The van der Waals surface area contributed by atoms with Crippen LogP contribution in [0.2, 0.25) is 0 Å². The predicted octanol–water partition coefficient (Wildman–Crippen LogP) is 4.22. The molecular formula is C20H20F2N4OS. The summed E-state index contributed by atoms with van der Waals surface area (Å²) in [6, 6.07) is 11.1. The van der Waals surface area contributed by atoms with Gasteiger partial charge in [0, 0.05) is 13.0 Å². The molecule has 1 aliphatic heterocycles. The Balaban J connectivity index is 1.49. The SMILES string of the molecule is Cc1cccc(C(=O)NCc2cc(-c3cccs3)n[nH]2)c1N1CCC(F)(F)C1. The Labute approximate surface area is 165 Å². The summed E-state index contributed by atoms with van der Waals surface area (Å²) in [6.07, 6.45) is -0.192. The van der Waals surface area contributed by atoms with Crippen LogP contribution in [0.3, 0.4) is 0 Å². The van der Waals surface area contributed by atoms with Crippen molar-refractivity contribution in [3.8, 4) is 10.6 Å². The van der Waals surface area contributed by atoms with Crippen LogP contribution in [0.5, 0.6) is 0 Å². The van der Waals surface area contributed by atoms with Crippen LogP contribution in [0.1, 0.15) is 28.0 Å². The summed E-state index contributed by atoms with van der Waals surface area (Å²) in [4.78, 5) is 15.4. The molecule has 1 aliphatic rings. The molecule has 0 spiro atoms. The first kappa shape index (κ1) is 18.6. The zero-order chi connectivity index (χ0) is 19.7. The molecule has 146 valence electrons. The second-order valence-corrected chi connectivity index (χ2v) is 7.88. The number of amides is 1. The average Bonchev–Trinajstić information content (AvgIpc) is 3.40. The van der Waals surface area contributed by atoms with Crippen molar-refractivity contribution in [1.29, 1.82) is 0 Å². The molecule has 28 heavy (non-hydrogen) atoms. The van der Waals surface area contributed by atoms with Gasteiger partial charge >= 0.3 is 0 Å². The van der Waals surface area contributed by atoms with Crippen LogP contribution < -0.4 is 10.2 Å². The number of aromatic amines is 1. The molecule has 1 saturated heterocycles. The van der Waals surface area contributed by atoms with Gasteiger partial charge in [-0.1, -0.05) is 18.2 Å². The van der Waals surface area contributed by atoms with Crippen molar-refractivity contribution in [2.24, 2.45) is 0 Å². The number of hydrogen-bond acceptors (Lipinski definition) is 4. The van der Waals surface area contributed by atoms with Gasteiger partial charge in [0.15, 0.2) is 0 Å². The van der Waals surface area contributed by atoms with Crippen molar-refractivity contribution >= 4 is 22.9 Å². The number of benzene rings is 1. The lowest BCUT2D eigenvalue weighted by Crippen LogP contribution is -2.30. The molecule has 0 bridgehead atoms. The van der Waals surface area contributed by atoms with Gasteiger partial charge in [-0.2, -0.15) is 5.10 Å². The molecule has 2 aromatic heterocycles. The number of nitrogens with one attached hydrogen (secondary N) is 2. The molecule has 3 aromatic rings. The van der Waals surface area contributed by atoms with Gasteiger partial charge in [-0.25, -0.2) is 8.78 Å². The number of anilines is 1. The summed E-state index contributed by atoms with van der Waals surface area (Å²) in [5, 5.41) is 12.0. The summed E-state index contributed by atoms with van der Waals surface area (Å²) in [5.41, 5.74) is 3.41. The van der Waals surface area contributed by atoms with Gasteiger partial charge in [0.25, 0.3) is 11.8 Å². The number of rotatable bonds is 5. The quantitative estimate of drug-likeness (QED) is 0.672. The Morgan fingerprint density at radius 3 is 2.93 bits per heavy atom. The van der Waals surface area contributed by atoms with E-state index in [9.17, 15) is 13.6 Å². The van der Waals surface area contributed by atoms with Crippen LogP contribution in [-0.2, 0) is 6.54 Å². The standard InChI is InChI=1S/C20H20F2N4OS/c1-13-4-2-5-15(18(13)26-8-7-20(21,22)12-26)19(27)23-11-14-10-16(25-24-14)17-6-3-9-28-17/h2-6,9-10H,7-8,11-12H2,1H3,(H,23,27)(H,24,25). The summed E-state index contributed by atoms with van der Waals surface area (Å²) in [5.74, 6) is -3.01. The van der Waals surface area contributed by atoms with Crippen molar-refractivity contribution in [3.63, 3.8) is 0 Å². The number of nitrogens with zero attached hydrogens (tertiary/aromatic N) is 2. The van der Waals surface area contributed by atoms with Gasteiger partial charge < -0.3 is 10.2 Å². The minimum atomic E-state index is -2.72. The van der Waals surface area contributed by atoms with E-state index in [0.29, 0.717) is 11.3 Å². The Kier molecular flexibility index (Phi) is 4.89. The summed E-state index contributed by atoms with van der Waals surface area (Å²) >= 11 is 1.59. The van der Waals surface area contributed by atoms with Crippen LogP contribution in [0.25, 0.3) is 10.6 Å². The van der Waals surface area contributed by atoms with Crippen molar-refractivity contribution in [2.75, 3.05) is 18.0 Å². The number of H-pyrrole nitrogens is 1. The first-order valence-corrected chi connectivity index (χ1v) is 9.90. The molecule has 0 atom stereocenters. The van der Waals surface area contributed by atoms with Crippen molar-refractivity contribution in [1.82, 2.24) is 15.5 Å². The fourth-order valence-corrected chi connectivity index (χ4v) is 4.15. The molecule has 4 rings (SSSR count). The number of hydrogen-bond donors (Lipinski definition) is 2. The highest BCUT2D eigenvalue weighted by atomic mass is 32.1. The maximum Gasteiger partial charge on any atom is 0.266 e. The predicted molar refractivity (Wildman–Crippen MR) is 106 cm³/mol. The van der Waals surface area contributed by atoms with Gasteiger partial charge in [0.05, 0.1) is 34.9 Å². The van der Waals surface area contributed by atoms with E-state index in [1.165, 1.54) is 0 Å². The highest BCUT2D eigenvalue weighted by Crippen LogP contribution is 2.34. The summed E-state index contributed by atoms with van der Waals surface area (Å²) in [6.45, 7) is 2.00. The lowest BCUT2D eigenvalue weighted by Gasteiger charge is -2.23. The summed E-state index contributed by atoms with van der Waals surface area (Å²) < 4.78 is 27.4. The molecule has 1 amide bonds. The maximum atomic E-state index is 13.7. The van der Waals surface area contributed by atoms with E-state index in [4.69, 9.17) is 0 Å². The molecule has 8 heteroatoms. The first-order valence-electron chi connectivity index (χ1n) is 9.02. The van der Waals surface area contributed by atoms with Gasteiger partial charge in [0.1, 0.15) is 5.69 Å². The lowest BCUT2D eigenvalue weighted by molar-refractivity contribution is 0.0257. The number of para-hydroxylation sites is 1. The van der Waals surface area contributed by atoms with Gasteiger partial charge in [-0.15, -0.1) is 11.3 Å². The van der Waals surface area contributed by atoms with Crippen molar-refractivity contribution in [2.45, 2.75) is 25.8 Å². The second kappa shape index (κ2) is 7.35. The van der Waals surface area contributed by atoms with E-state index < -0.39 is 5.92 Å². The van der Waals surface area contributed by atoms with Crippen LogP contribution in [0.4, 0.5) is 14.5 Å². The van der Waals surface area contributed by atoms with Crippen molar-refractivity contribution < 1.29 is 13.6 Å². The zero-order valence-corrected chi connectivity index (χ0v) is 16.2. The number of carbonyl (C=O) groups excluding carboxylic acids is 1. The summed E-state index contributed by atoms with van der Waals surface area (Å²) in [7, 11) is 0. The van der Waals surface area contributed by atoms with Crippen LogP contribution in [0.15, 0.2) is 41.8 Å². The molecule has 2 N–H and O–H groups in total. The normalized spacial score (nSPS) is 15.8. The number of alkyl halides is 2. The maximum absolute atomic E-state index is 13.7. The van der Waals surface area contributed by atoms with Crippen LogP contribution >= 0.6 is 11.3 Å². The van der Waals surface area contributed by atoms with E-state index in [1.54, 1.807) is 28.4 Å². The molecule has 0 unspecified atom stereocenters. The Hall–Kier alpha value is -2.74. The first-order chi connectivity index (χ1) is 13.4. The van der Waals surface area contributed by atoms with Gasteiger partial charge in [0.2, 0.25) is 0 Å². The number of aryl methyl sites for hydroxylation is 1. The van der Waals surface area contributed by atoms with E-state index in [1.807, 2.05) is 36.6 Å². The molecule has 5 nitrogen and oxygen atoms in total. The minimum absolute atomic E-state index is 0.192. The molecule has 0 aliphatic carbocycles. The highest BCUT2D eigenvalue weighted by molar-refractivity contribution is 7.13. The van der Waals surface area contributed by atoms with Crippen molar-refractivity contribution in [3.05, 3.63) is 58.6 Å². The number of halogens is 2. The number of thiophene rings is 1. The molecule has 3 heterocycles. The van der Waals surface area contributed by atoms with Gasteiger partial charge in [-0.3, -0.25) is 9.89 Å². The van der Waals surface area contributed by atoms with E-state index >= 15 is 0 Å². The zero-order valence-electron chi connectivity index (χ0n) is 15.3. The Bertz CT molecular complexity index is 984. The Morgan fingerprint density at radius 2 is 2.21 bits per heavy atom. The topological polar surface area (TPSA) is 61.0 Å². The second-order valence-electron chi connectivity index (χ2n) is 6.94. The third-order valence-corrected chi connectivity index (χ3v) is 5.70.